The molecule has 1 aliphatic rings. The van der Waals surface area contributed by atoms with Gasteiger partial charge in [0, 0.05) is 12.1 Å². The second-order valence-electron chi connectivity index (χ2n) is 5.06. The van der Waals surface area contributed by atoms with E-state index in [1.807, 2.05) is 24.3 Å². The largest absolute Gasteiger partial charge is 0.490 e. The summed E-state index contributed by atoms with van der Waals surface area (Å²) in [6.45, 7) is 3.81. The summed E-state index contributed by atoms with van der Waals surface area (Å²) in [7, 11) is 2.15. The number of carbonyl (C=O) groups excluding carboxylic acids is 1. The second kappa shape index (κ2) is 6.01. The molecule has 0 bridgehead atoms. The van der Waals surface area contributed by atoms with Gasteiger partial charge in [0.2, 0.25) is 0 Å². The zero-order chi connectivity index (χ0) is 13.0. The summed E-state index contributed by atoms with van der Waals surface area (Å²) in [6.07, 6.45) is 3.60. The Hall–Kier alpha value is -1.35. The average Bonchev–Trinajstić information content (AvgIpc) is 2.55. The van der Waals surface area contributed by atoms with Gasteiger partial charge in [0.05, 0.1) is 6.10 Å². The minimum Gasteiger partial charge on any atom is -0.490 e. The van der Waals surface area contributed by atoms with Crippen LogP contribution in [0.25, 0.3) is 0 Å². The number of hydrogen-bond donors (Lipinski definition) is 0. The first-order valence-electron chi connectivity index (χ1n) is 6.61. The van der Waals surface area contributed by atoms with E-state index < -0.39 is 0 Å². The van der Waals surface area contributed by atoms with Crippen LogP contribution in [0, 0.1) is 0 Å². The SMILES string of the molecule is CC(=O)c1cccc(OC2CCCN(C)CC2)c1. The molecule has 0 aromatic heterocycles. The molecule has 0 aliphatic carbocycles. The van der Waals surface area contributed by atoms with Gasteiger partial charge in [-0.25, -0.2) is 0 Å². The molecule has 1 saturated heterocycles. The zero-order valence-corrected chi connectivity index (χ0v) is 11.2. The molecule has 1 aromatic rings. The summed E-state index contributed by atoms with van der Waals surface area (Å²) in [5.74, 6) is 0.901. The summed E-state index contributed by atoms with van der Waals surface area (Å²) in [4.78, 5) is 13.7. The van der Waals surface area contributed by atoms with Gasteiger partial charge in [0.25, 0.3) is 0 Å². The van der Waals surface area contributed by atoms with Crippen molar-refractivity contribution in [3.05, 3.63) is 29.8 Å². The Labute approximate surface area is 109 Å². The van der Waals surface area contributed by atoms with Gasteiger partial charge in [-0.15, -0.1) is 0 Å². The van der Waals surface area contributed by atoms with E-state index in [1.54, 1.807) is 6.92 Å². The maximum Gasteiger partial charge on any atom is 0.159 e. The van der Waals surface area contributed by atoms with E-state index in [0.29, 0.717) is 0 Å². The lowest BCUT2D eigenvalue weighted by molar-refractivity contribution is 0.101. The third-order valence-electron chi connectivity index (χ3n) is 3.44. The third-order valence-corrected chi connectivity index (χ3v) is 3.44. The van der Waals surface area contributed by atoms with Crippen LogP contribution in [0.4, 0.5) is 0 Å². The number of Topliss-reactive ketones (excluding diaryl/α,β-unsaturated/α-hetero) is 1. The molecule has 0 radical (unpaired) electrons. The van der Waals surface area contributed by atoms with Gasteiger partial charge in [-0.05, 0) is 51.9 Å². The monoisotopic (exact) mass is 247 g/mol. The van der Waals surface area contributed by atoms with Crippen LogP contribution in [0.5, 0.6) is 5.75 Å². The lowest BCUT2D eigenvalue weighted by Gasteiger charge is -2.17. The molecule has 2 rings (SSSR count). The minimum absolute atomic E-state index is 0.0843. The lowest BCUT2D eigenvalue weighted by atomic mass is 10.1. The summed E-state index contributed by atoms with van der Waals surface area (Å²) in [5, 5.41) is 0. The van der Waals surface area contributed by atoms with Crippen LogP contribution >= 0.6 is 0 Å². The van der Waals surface area contributed by atoms with Crippen LogP contribution < -0.4 is 4.74 Å². The molecule has 18 heavy (non-hydrogen) atoms. The Balaban J connectivity index is 2.00. The zero-order valence-electron chi connectivity index (χ0n) is 11.2. The second-order valence-corrected chi connectivity index (χ2v) is 5.06. The van der Waals surface area contributed by atoms with Crippen LogP contribution in [0.1, 0.15) is 36.5 Å². The molecule has 0 N–H and O–H groups in total. The third kappa shape index (κ3) is 3.57. The summed E-state index contributed by atoms with van der Waals surface area (Å²) < 4.78 is 6.00. The van der Waals surface area contributed by atoms with Gasteiger partial charge in [-0.1, -0.05) is 12.1 Å². The fraction of sp³-hybridized carbons (Fsp3) is 0.533. The first-order chi connectivity index (χ1) is 8.65. The van der Waals surface area contributed by atoms with Gasteiger partial charge in [-0.2, -0.15) is 0 Å². The first-order valence-corrected chi connectivity index (χ1v) is 6.61. The van der Waals surface area contributed by atoms with E-state index in [4.69, 9.17) is 4.74 Å². The van der Waals surface area contributed by atoms with Crippen molar-refractivity contribution in [3.63, 3.8) is 0 Å². The minimum atomic E-state index is 0.0843. The highest BCUT2D eigenvalue weighted by molar-refractivity contribution is 5.94. The standard InChI is InChI=1S/C15H21NO2/c1-12(17)13-5-3-6-15(11-13)18-14-7-4-9-16(2)10-8-14/h3,5-6,11,14H,4,7-10H2,1-2H3. The molecule has 98 valence electrons. The van der Waals surface area contributed by atoms with E-state index >= 15 is 0 Å². The number of likely N-dealkylation sites (tertiary alicyclic amines) is 1. The van der Waals surface area contributed by atoms with Crippen molar-refractivity contribution < 1.29 is 9.53 Å². The Bertz CT molecular complexity index is 417. The van der Waals surface area contributed by atoms with E-state index in [2.05, 4.69) is 11.9 Å². The van der Waals surface area contributed by atoms with Crippen molar-refractivity contribution in [1.29, 1.82) is 0 Å². The lowest BCUT2D eigenvalue weighted by Crippen LogP contribution is -2.21. The summed E-state index contributed by atoms with van der Waals surface area (Å²) in [5.41, 5.74) is 0.721. The highest BCUT2D eigenvalue weighted by Gasteiger charge is 2.16. The Kier molecular flexibility index (Phi) is 4.37. The van der Waals surface area contributed by atoms with Crippen LogP contribution in [0.15, 0.2) is 24.3 Å². The van der Waals surface area contributed by atoms with E-state index in [0.717, 1.165) is 37.2 Å². The Morgan fingerprint density at radius 2 is 2.17 bits per heavy atom. The van der Waals surface area contributed by atoms with Gasteiger partial charge >= 0.3 is 0 Å². The Morgan fingerprint density at radius 3 is 2.94 bits per heavy atom. The fourth-order valence-corrected chi connectivity index (χ4v) is 2.31. The highest BCUT2D eigenvalue weighted by atomic mass is 16.5. The molecule has 3 heteroatoms. The summed E-state index contributed by atoms with van der Waals surface area (Å²) in [6, 6.07) is 7.49. The number of ether oxygens (including phenoxy) is 1. The molecular weight excluding hydrogens is 226 g/mol. The average molecular weight is 247 g/mol. The van der Waals surface area contributed by atoms with Gasteiger partial charge in [0.1, 0.15) is 5.75 Å². The first kappa shape index (κ1) is 13.1. The molecule has 1 aromatic carbocycles. The maximum absolute atomic E-state index is 11.3. The van der Waals surface area contributed by atoms with Crippen LogP contribution in [0.3, 0.4) is 0 Å². The smallest absolute Gasteiger partial charge is 0.159 e. The number of carbonyl (C=O) groups is 1. The van der Waals surface area contributed by atoms with Crippen LogP contribution in [0.2, 0.25) is 0 Å². The van der Waals surface area contributed by atoms with Crippen molar-refractivity contribution in [2.24, 2.45) is 0 Å². The Morgan fingerprint density at radius 1 is 1.33 bits per heavy atom. The maximum atomic E-state index is 11.3. The van der Waals surface area contributed by atoms with Crippen molar-refractivity contribution in [2.75, 3.05) is 20.1 Å². The molecule has 3 nitrogen and oxygen atoms in total. The van der Waals surface area contributed by atoms with Gasteiger partial charge in [0.15, 0.2) is 5.78 Å². The predicted octanol–water partition coefficient (Wildman–Crippen LogP) is 2.75. The van der Waals surface area contributed by atoms with Crippen molar-refractivity contribution >= 4 is 5.78 Å². The highest BCUT2D eigenvalue weighted by Crippen LogP contribution is 2.20. The molecule has 0 saturated carbocycles. The molecule has 0 amide bonds. The molecule has 1 fully saturated rings. The molecule has 1 unspecified atom stereocenters. The number of ketones is 1. The van der Waals surface area contributed by atoms with Crippen molar-refractivity contribution in [3.8, 4) is 5.75 Å². The molecule has 1 atom stereocenters. The van der Waals surface area contributed by atoms with Crippen LogP contribution in [-0.4, -0.2) is 36.9 Å². The number of nitrogens with zero attached hydrogens (tertiary/aromatic N) is 1. The number of rotatable bonds is 3. The number of hydrogen-bond acceptors (Lipinski definition) is 3. The molecule has 1 heterocycles. The fourth-order valence-electron chi connectivity index (χ4n) is 2.31. The van der Waals surface area contributed by atoms with Crippen LogP contribution in [-0.2, 0) is 0 Å². The molecule has 1 aliphatic heterocycles. The molecule has 0 spiro atoms. The molecular formula is C15H21NO2. The summed E-state index contributed by atoms with van der Waals surface area (Å²) >= 11 is 0. The van der Waals surface area contributed by atoms with Gasteiger partial charge < -0.3 is 9.64 Å². The van der Waals surface area contributed by atoms with E-state index in [-0.39, 0.29) is 11.9 Å². The quantitative estimate of drug-likeness (QED) is 0.769. The topological polar surface area (TPSA) is 29.5 Å². The van der Waals surface area contributed by atoms with E-state index in [9.17, 15) is 4.79 Å². The predicted molar refractivity (Wildman–Crippen MR) is 72.2 cm³/mol. The van der Waals surface area contributed by atoms with Gasteiger partial charge in [-0.3, -0.25) is 4.79 Å². The van der Waals surface area contributed by atoms with Crippen molar-refractivity contribution in [2.45, 2.75) is 32.3 Å². The van der Waals surface area contributed by atoms with E-state index in [1.165, 1.54) is 6.42 Å². The normalized spacial score (nSPS) is 21.3. The number of benzene rings is 1. The van der Waals surface area contributed by atoms with Crippen molar-refractivity contribution in [1.82, 2.24) is 4.90 Å².